The van der Waals surface area contributed by atoms with Crippen molar-refractivity contribution < 1.29 is 0 Å². The Balaban J connectivity index is 3.06. The first kappa shape index (κ1) is 3.65. The highest BCUT2D eigenvalue weighted by atomic mass is 15.3. The van der Waals surface area contributed by atoms with Gasteiger partial charge in [0, 0.05) is 6.20 Å². The number of hydrogen-bond donors (Lipinski definition) is 2. The first-order chi connectivity index (χ1) is 3.97. The Hall–Kier alpha value is -1.32. The SMILES string of the molecule is c1cc2n[nH]nc2[nH]1. The summed E-state index contributed by atoms with van der Waals surface area (Å²) in [5, 5.41) is 10.1. The highest BCUT2D eigenvalue weighted by molar-refractivity contribution is 5.68. The molecule has 2 aromatic heterocycles. The second-order valence-electron chi connectivity index (χ2n) is 1.54. The van der Waals surface area contributed by atoms with Gasteiger partial charge in [0.25, 0.3) is 0 Å². The highest BCUT2D eigenvalue weighted by Crippen LogP contribution is 2.00. The zero-order valence-corrected chi connectivity index (χ0v) is 4.05. The first-order valence-corrected chi connectivity index (χ1v) is 2.31. The maximum absolute atomic E-state index is 3.81. The molecule has 40 valence electrons. The zero-order chi connectivity index (χ0) is 5.40. The van der Waals surface area contributed by atoms with E-state index < -0.39 is 0 Å². The molecule has 4 heteroatoms. The summed E-state index contributed by atoms with van der Waals surface area (Å²) in [6.45, 7) is 0. The zero-order valence-electron chi connectivity index (χ0n) is 4.05. The van der Waals surface area contributed by atoms with Crippen molar-refractivity contribution in [3.63, 3.8) is 0 Å². The molecule has 0 spiro atoms. The van der Waals surface area contributed by atoms with Crippen LogP contribution in [0.15, 0.2) is 12.3 Å². The van der Waals surface area contributed by atoms with Crippen molar-refractivity contribution >= 4 is 11.2 Å². The molecule has 2 rings (SSSR count). The van der Waals surface area contributed by atoms with Gasteiger partial charge < -0.3 is 4.98 Å². The first-order valence-electron chi connectivity index (χ1n) is 2.31. The van der Waals surface area contributed by atoms with Gasteiger partial charge >= 0.3 is 0 Å². The van der Waals surface area contributed by atoms with Gasteiger partial charge in [-0.2, -0.15) is 10.3 Å². The molecular formula is C4H4N4. The van der Waals surface area contributed by atoms with Crippen molar-refractivity contribution in [3.8, 4) is 0 Å². The van der Waals surface area contributed by atoms with E-state index >= 15 is 0 Å². The Bertz CT molecular complexity index is 229. The lowest BCUT2D eigenvalue weighted by molar-refractivity contribution is 0.951. The average Bonchev–Trinajstić information content (AvgIpc) is 2.15. The number of aromatic amines is 2. The van der Waals surface area contributed by atoms with Crippen molar-refractivity contribution in [1.82, 2.24) is 20.4 Å². The van der Waals surface area contributed by atoms with Crippen molar-refractivity contribution in [2.24, 2.45) is 0 Å². The molecule has 0 bridgehead atoms. The predicted octanol–water partition coefficient (Wildman–Crippen LogP) is 0.286. The number of aromatic nitrogens is 4. The second kappa shape index (κ2) is 1.09. The minimum absolute atomic E-state index is 0.810. The largest absolute Gasteiger partial charge is 0.343 e. The van der Waals surface area contributed by atoms with Gasteiger partial charge in [-0.05, 0) is 6.07 Å². The van der Waals surface area contributed by atoms with Crippen LogP contribution in [0.2, 0.25) is 0 Å². The van der Waals surface area contributed by atoms with Crippen molar-refractivity contribution in [3.05, 3.63) is 12.3 Å². The van der Waals surface area contributed by atoms with Gasteiger partial charge in [0.2, 0.25) is 0 Å². The molecule has 0 unspecified atom stereocenters. The number of hydrogen-bond acceptors (Lipinski definition) is 2. The maximum Gasteiger partial charge on any atom is 0.179 e. The summed E-state index contributed by atoms with van der Waals surface area (Å²) in [5.41, 5.74) is 1.69. The van der Waals surface area contributed by atoms with E-state index in [1.165, 1.54) is 0 Å². The van der Waals surface area contributed by atoms with Crippen LogP contribution in [0.1, 0.15) is 0 Å². The average molecular weight is 108 g/mol. The molecule has 0 aromatic carbocycles. The van der Waals surface area contributed by atoms with E-state index in [0.29, 0.717) is 0 Å². The molecule has 0 fully saturated rings. The van der Waals surface area contributed by atoms with Crippen LogP contribution < -0.4 is 0 Å². The Kier molecular flexibility index (Phi) is 0.498. The summed E-state index contributed by atoms with van der Waals surface area (Å²) in [5.74, 6) is 0. The van der Waals surface area contributed by atoms with Crippen LogP contribution >= 0.6 is 0 Å². The number of H-pyrrole nitrogens is 2. The molecule has 0 radical (unpaired) electrons. The minimum Gasteiger partial charge on any atom is -0.343 e. The lowest BCUT2D eigenvalue weighted by Gasteiger charge is -1.62. The Morgan fingerprint density at radius 2 is 2.38 bits per heavy atom. The van der Waals surface area contributed by atoms with E-state index in [1.807, 2.05) is 6.07 Å². The van der Waals surface area contributed by atoms with E-state index in [0.717, 1.165) is 11.2 Å². The molecule has 0 aliphatic carbocycles. The number of fused-ring (bicyclic) bond motifs is 1. The fourth-order valence-electron chi connectivity index (χ4n) is 0.661. The van der Waals surface area contributed by atoms with Gasteiger partial charge in [-0.1, -0.05) is 0 Å². The highest BCUT2D eigenvalue weighted by Gasteiger charge is 1.92. The van der Waals surface area contributed by atoms with E-state index in [2.05, 4.69) is 20.4 Å². The van der Waals surface area contributed by atoms with Crippen molar-refractivity contribution in [2.75, 3.05) is 0 Å². The molecule has 2 aromatic rings. The third-order valence-electron chi connectivity index (χ3n) is 1.04. The van der Waals surface area contributed by atoms with Crippen LogP contribution in [0.3, 0.4) is 0 Å². The minimum atomic E-state index is 0.810. The van der Waals surface area contributed by atoms with Gasteiger partial charge in [-0.3, -0.25) is 0 Å². The van der Waals surface area contributed by atoms with Gasteiger partial charge in [0.15, 0.2) is 5.65 Å². The summed E-state index contributed by atoms with van der Waals surface area (Å²) < 4.78 is 0. The van der Waals surface area contributed by atoms with Gasteiger partial charge in [0.05, 0.1) is 0 Å². The molecule has 0 saturated heterocycles. The van der Waals surface area contributed by atoms with Gasteiger partial charge in [-0.15, -0.1) is 5.10 Å². The lowest BCUT2D eigenvalue weighted by atomic mass is 10.6. The van der Waals surface area contributed by atoms with E-state index in [-0.39, 0.29) is 0 Å². The Labute approximate surface area is 44.9 Å². The van der Waals surface area contributed by atoms with Crippen molar-refractivity contribution in [2.45, 2.75) is 0 Å². The van der Waals surface area contributed by atoms with Crippen LogP contribution in [-0.4, -0.2) is 20.4 Å². The second-order valence-corrected chi connectivity index (χ2v) is 1.54. The fraction of sp³-hybridized carbons (Fsp3) is 0. The molecule has 0 saturated carbocycles. The predicted molar refractivity (Wildman–Crippen MR) is 28.2 cm³/mol. The molecule has 8 heavy (non-hydrogen) atoms. The van der Waals surface area contributed by atoms with Crippen LogP contribution in [-0.2, 0) is 0 Å². The summed E-state index contributed by atoms with van der Waals surface area (Å²) in [4.78, 5) is 2.89. The third-order valence-corrected chi connectivity index (χ3v) is 1.04. The van der Waals surface area contributed by atoms with Crippen LogP contribution in [0.4, 0.5) is 0 Å². The molecule has 2 heterocycles. The number of rotatable bonds is 0. The number of nitrogens with one attached hydrogen (secondary N) is 2. The lowest BCUT2D eigenvalue weighted by Crippen LogP contribution is -1.67. The van der Waals surface area contributed by atoms with Crippen LogP contribution in [0.25, 0.3) is 11.2 Å². The maximum atomic E-state index is 3.81. The molecule has 4 nitrogen and oxygen atoms in total. The monoisotopic (exact) mass is 108 g/mol. The van der Waals surface area contributed by atoms with E-state index in [1.54, 1.807) is 6.20 Å². The molecule has 2 N–H and O–H groups in total. The third kappa shape index (κ3) is 0.294. The molecule has 0 aliphatic heterocycles. The summed E-state index contributed by atoms with van der Waals surface area (Å²) in [6.07, 6.45) is 1.80. The standard InChI is InChI=1S/C4H4N4/c1-2-5-4-3(1)6-8-7-4/h1-2H,(H2,5,6,7,8). The van der Waals surface area contributed by atoms with Crippen molar-refractivity contribution in [1.29, 1.82) is 0 Å². The Morgan fingerprint density at radius 1 is 1.38 bits per heavy atom. The quantitative estimate of drug-likeness (QED) is 0.509. The van der Waals surface area contributed by atoms with E-state index in [4.69, 9.17) is 0 Å². The molecule has 0 atom stereocenters. The van der Waals surface area contributed by atoms with E-state index in [9.17, 15) is 0 Å². The summed E-state index contributed by atoms with van der Waals surface area (Å²) in [6, 6.07) is 1.86. The summed E-state index contributed by atoms with van der Waals surface area (Å²) in [7, 11) is 0. The fourth-order valence-corrected chi connectivity index (χ4v) is 0.661. The van der Waals surface area contributed by atoms with Crippen LogP contribution in [0.5, 0.6) is 0 Å². The molecular weight excluding hydrogens is 104 g/mol. The topological polar surface area (TPSA) is 57.4 Å². The Morgan fingerprint density at radius 3 is 3.25 bits per heavy atom. The molecule has 0 aliphatic rings. The number of nitrogens with zero attached hydrogens (tertiary/aromatic N) is 2. The molecule has 0 amide bonds. The normalized spacial score (nSPS) is 10.5. The summed E-state index contributed by atoms with van der Waals surface area (Å²) >= 11 is 0. The smallest absolute Gasteiger partial charge is 0.179 e. The van der Waals surface area contributed by atoms with Gasteiger partial charge in [0.1, 0.15) is 5.52 Å². The van der Waals surface area contributed by atoms with Gasteiger partial charge in [-0.25, -0.2) is 0 Å². The van der Waals surface area contributed by atoms with Crippen LogP contribution in [0, 0.1) is 0 Å².